The smallest absolute Gasteiger partial charge is 0.143 e. The summed E-state index contributed by atoms with van der Waals surface area (Å²) < 4.78 is 18.2. The maximum absolute atomic E-state index is 6.71. The molecule has 22 aromatic carbocycles. The molecule has 628 valence electrons. The Bertz CT molecular complexity index is 8470. The molecule has 0 unspecified atom stereocenters. The van der Waals surface area contributed by atoms with E-state index in [-0.39, 0.29) is 0 Å². The number of nitrogens with zero attached hydrogens (tertiary/aromatic N) is 4. The number of fused-ring (bicyclic) bond motifs is 14. The van der Waals surface area contributed by atoms with Gasteiger partial charge in [0.15, 0.2) is 0 Å². The van der Waals surface area contributed by atoms with Gasteiger partial charge < -0.3 is 27.8 Å². The lowest BCUT2D eigenvalue weighted by molar-refractivity contribution is 0.669. The van der Waals surface area contributed by atoms with Crippen molar-refractivity contribution in [1.82, 2.24) is 9.13 Å². The molecule has 0 bridgehead atoms. The van der Waals surface area contributed by atoms with Gasteiger partial charge in [0.2, 0.25) is 0 Å². The highest BCUT2D eigenvalue weighted by molar-refractivity contribution is 6.15. The van der Waals surface area contributed by atoms with E-state index in [2.05, 4.69) is 516 Å². The molecule has 0 fully saturated rings. The van der Waals surface area contributed by atoms with Crippen LogP contribution in [0.2, 0.25) is 0 Å². The predicted octanol–water partition coefficient (Wildman–Crippen LogP) is 35.9. The number of hydrogen-bond acceptors (Lipinski definition) is 4. The minimum absolute atomic E-state index is 0.890. The Hall–Kier alpha value is -17.8. The molecule has 0 spiro atoms. The van der Waals surface area contributed by atoms with E-state index < -0.39 is 0 Å². The summed E-state index contributed by atoms with van der Waals surface area (Å²) in [4.78, 5) is 4.69. The Labute approximate surface area is 775 Å². The maximum Gasteiger partial charge on any atom is 0.143 e. The first-order valence-electron chi connectivity index (χ1n) is 45.8. The third-order valence-corrected chi connectivity index (χ3v) is 26.7. The molecule has 6 nitrogen and oxygen atoms in total. The van der Waals surface area contributed by atoms with Crippen LogP contribution in [0, 0.1) is 0 Å². The first-order valence-corrected chi connectivity index (χ1v) is 45.8. The lowest BCUT2D eigenvalue weighted by Crippen LogP contribution is -2.09. The summed E-state index contributed by atoms with van der Waals surface area (Å²) in [5.41, 5.74) is 35.5. The average Bonchev–Trinajstić information content (AvgIpc) is 1.58. The largest absolute Gasteiger partial charge is 0.455 e. The summed E-state index contributed by atoms with van der Waals surface area (Å²) >= 11 is 0. The van der Waals surface area contributed by atoms with Gasteiger partial charge in [-0.15, -0.1) is 0 Å². The van der Waals surface area contributed by atoms with Crippen LogP contribution in [0.4, 0.5) is 34.1 Å². The van der Waals surface area contributed by atoms with Gasteiger partial charge in [-0.05, 0) is 257 Å². The molecule has 6 heteroatoms. The standard InChI is InChI=1S/2C64H42N2O/c2*1-3-18-50(19-4-1)65(53-36-33-43-15-7-8-16-46(43)40-53)52-22-13-17-47(39-52)44-29-31-45(32-30-44)54-37-34-48(41-59(54)58-26-14-25-57-56-24-10-12-28-63(56)67-64(57)58)49-35-38-62-60(42-49)55-23-9-11-27-61(55)66(62)51-20-5-2-6-21-51/h2*1-42H. The van der Waals surface area contributed by atoms with Gasteiger partial charge in [0.25, 0.3) is 0 Å². The number of para-hydroxylation sites is 10. The van der Waals surface area contributed by atoms with Crippen molar-refractivity contribution in [3.05, 3.63) is 510 Å². The van der Waals surface area contributed by atoms with Crippen LogP contribution in [0.1, 0.15) is 0 Å². The van der Waals surface area contributed by atoms with Crippen LogP contribution in [0.3, 0.4) is 0 Å². The van der Waals surface area contributed by atoms with Crippen LogP contribution in [0.15, 0.2) is 518 Å². The van der Waals surface area contributed by atoms with Crippen molar-refractivity contribution < 1.29 is 8.83 Å². The highest BCUT2D eigenvalue weighted by Gasteiger charge is 2.25. The molecule has 26 rings (SSSR count). The molecule has 0 aliphatic carbocycles. The van der Waals surface area contributed by atoms with E-state index >= 15 is 0 Å². The number of hydrogen-bond donors (Lipinski definition) is 0. The summed E-state index contributed by atoms with van der Waals surface area (Å²) in [6.45, 7) is 0. The van der Waals surface area contributed by atoms with Gasteiger partial charge in [0.05, 0.1) is 22.1 Å². The van der Waals surface area contributed by atoms with Crippen molar-refractivity contribution in [1.29, 1.82) is 0 Å². The molecular weight excluding hydrogens is 1630 g/mol. The Morgan fingerprint density at radius 3 is 0.888 bits per heavy atom. The van der Waals surface area contributed by atoms with Crippen molar-refractivity contribution in [2.24, 2.45) is 0 Å². The first-order chi connectivity index (χ1) is 66.4. The van der Waals surface area contributed by atoms with Gasteiger partial charge in [0, 0.05) is 99.7 Å². The van der Waals surface area contributed by atoms with Crippen molar-refractivity contribution in [2.75, 3.05) is 9.80 Å². The fraction of sp³-hybridized carbons (Fsp3) is 0. The zero-order valence-corrected chi connectivity index (χ0v) is 73.1. The van der Waals surface area contributed by atoms with E-state index in [4.69, 9.17) is 8.83 Å². The Morgan fingerprint density at radius 1 is 0.149 bits per heavy atom. The normalized spacial score (nSPS) is 11.6. The second kappa shape index (κ2) is 33.3. The molecule has 0 aliphatic heterocycles. The van der Waals surface area contributed by atoms with E-state index in [9.17, 15) is 0 Å². The second-order valence-electron chi connectivity index (χ2n) is 34.6. The van der Waals surface area contributed by atoms with Gasteiger partial charge in [-0.3, -0.25) is 0 Å². The fourth-order valence-corrected chi connectivity index (χ4v) is 20.3. The van der Waals surface area contributed by atoms with E-state index in [1.54, 1.807) is 0 Å². The topological polar surface area (TPSA) is 42.6 Å². The Kier molecular flexibility index (Phi) is 19.5. The molecule has 0 saturated carbocycles. The van der Waals surface area contributed by atoms with Crippen molar-refractivity contribution in [2.45, 2.75) is 0 Å². The number of rotatable bonds is 16. The average molecular weight is 1710 g/mol. The van der Waals surface area contributed by atoms with Crippen molar-refractivity contribution >= 4 is 143 Å². The lowest BCUT2D eigenvalue weighted by Gasteiger charge is -2.26. The van der Waals surface area contributed by atoms with E-state index in [1.165, 1.54) is 65.2 Å². The summed E-state index contributed by atoms with van der Waals surface area (Å²) in [7, 11) is 0. The summed E-state index contributed by atoms with van der Waals surface area (Å²) in [6.07, 6.45) is 0. The highest BCUT2D eigenvalue weighted by Crippen LogP contribution is 2.49. The SMILES string of the molecule is c1ccc(N(c2cccc(-c3ccc(-c4ccc(-c5ccc6c(c5)c5ccccc5n6-c5ccccc5)cc4-c4cccc5c4oc4ccccc45)cc3)c2)c2ccc3ccccc3c2)cc1.c1ccc(N(c2cccc(-c3ccc(-c4ccc(-c5ccc6c(c5)c5ccccc5n6-c5ccccc5)cc4-c4cccc5c4oc4ccccc45)cc3)c2)c2ccc3ccccc3c2)cc1. The fourth-order valence-electron chi connectivity index (χ4n) is 20.3. The highest BCUT2D eigenvalue weighted by atomic mass is 16.3. The molecule has 0 amide bonds. The summed E-state index contributed by atoms with van der Waals surface area (Å²) in [5.74, 6) is 0. The molecule has 0 radical (unpaired) electrons. The molecule has 0 atom stereocenters. The molecule has 0 aliphatic rings. The van der Waals surface area contributed by atoms with Crippen LogP contribution in [0.25, 0.3) is 209 Å². The summed E-state index contributed by atoms with van der Waals surface area (Å²) in [6, 6.07) is 184. The van der Waals surface area contributed by atoms with Gasteiger partial charge >= 0.3 is 0 Å². The number of benzene rings is 22. The summed E-state index contributed by atoms with van der Waals surface area (Å²) in [5, 5.41) is 14.3. The third kappa shape index (κ3) is 14.1. The molecule has 26 aromatic rings. The number of furan rings is 2. The zero-order valence-electron chi connectivity index (χ0n) is 73.1. The van der Waals surface area contributed by atoms with E-state index in [1.807, 2.05) is 12.1 Å². The van der Waals surface area contributed by atoms with E-state index in [0.717, 1.165) is 178 Å². The quantitative estimate of drug-likeness (QED) is 0.0967. The monoisotopic (exact) mass is 1710 g/mol. The van der Waals surface area contributed by atoms with Gasteiger partial charge in [0.1, 0.15) is 22.3 Å². The Morgan fingerprint density at radius 2 is 0.455 bits per heavy atom. The van der Waals surface area contributed by atoms with Crippen molar-refractivity contribution in [3.63, 3.8) is 0 Å². The maximum atomic E-state index is 6.71. The van der Waals surface area contributed by atoms with Crippen LogP contribution in [0.5, 0.6) is 0 Å². The molecule has 0 saturated heterocycles. The van der Waals surface area contributed by atoms with Gasteiger partial charge in [-0.25, -0.2) is 0 Å². The minimum atomic E-state index is 0.890. The molecule has 4 aromatic heterocycles. The molecular formula is C128H84N4O2. The van der Waals surface area contributed by atoms with Crippen LogP contribution in [-0.4, -0.2) is 9.13 Å². The molecule has 4 heterocycles. The molecule has 134 heavy (non-hydrogen) atoms. The van der Waals surface area contributed by atoms with Gasteiger partial charge in [-0.1, -0.05) is 352 Å². The lowest BCUT2D eigenvalue weighted by atomic mass is 9.89. The van der Waals surface area contributed by atoms with Gasteiger partial charge in [-0.2, -0.15) is 0 Å². The molecule has 0 N–H and O–H groups in total. The van der Waals surface area contributed by atoms with Crippen LogP contribution < -0.4 is 9.80 Å². The Balaban J connectivity index is 0.000000143. The number of anilines is 6. The second-order valence-corrected chi connectivity index (χ2v) is 34.6. The number of aromatic nitrogens is 2. The van der Waals surface area contributed by atoms with Crippen LogP contribution >= 0.6 is 0 Å². The van der Waals surface area contributed by atoms with Crippen LogP contribution in [-0.2, 0) is 0 Å². The van der Waals surface area contributed by atoms with Crippen molar-refractivity contribution in [3.8, 4) is 100 Å². The minimum Gasteiger partial charge on any atom is -0.455 e. The van der Waals surface area contributed by atoms with E-state index in [0.29, 0.717) is 0 Å². The first kappa shape index (κ1) is 78.4. The third-order valence-electron chi connectivity index (χ3n) is 26.7. The zero-order chi connectivity index (χ0) is 88.5. The predicted molar refractivity (Wildman–Crippen MR) is 564 cm³/mol.